The van der Waals surface area contributed by atoms with Crippen LogP contribution in [0.4, 0.5) is 4.79 Å². The van der Waals surface area contributed by atoms with Crippen LogP contribution in [-0.4, -0.2) is 173 Å². The molecule has 472 valence electrons. The fourth-order valence-corrected chi connectivity index (χ4v) is 15.2. The second-order valence-electron chi connectivity index (χ2n) is 21.4. The quantitative estimate of drug-likeness (QED) is 0.0354. The molecule has 1 amide bonds. The number of alkyl carbamates (subject to hydrolysis) is 1. The van der Waals surface area contributed by atoms with E-state index in [0.29, 0.717) is 5.56 Å². The molecule has 0 saturated carbocycles. The second kappa shape index (κ2) is 31.4. The number of carbonyl (C=O) groups is 7. The van der Waals surface area contributed by atoms with Crippen LogP contribution in [0.5, 0.6) is 0 Å². The first kappa shape index (κ1) is 69.4. The first-order chi connectivity index (χ1) is 40.6. The van der Waals surface area contributed by atoms with Gasteiger partial charge in [-0.1, -0.05) is 153 Å². The highest BCUT2D eigenvalue weighted by molar-refractivity contribution is 6.99. The molecular formula is C59H74Cl3NO22Si. The summed E-state index contributed by atoms with van der Waals surface area (Å²) in [6, 6.07) is 26.4. The van der Waals surface area contributed by atoms with Gasteiger partial charge in [0.1, 0.15) is 49.8 Å². The van der Waals surface area contributed by atoms with Crippen molar-refractivity contribution in [1.29, 1.82) is 0 Å². The minimum absolute atomic E-state index is 0.156. The Labute approximate surface area is 515 Å². The smallest absolute Gasteiger partial charge is 0.407 e. The summed E-state index contributed by atoms with van der Waals surface area (Å²) in [5, 5.41) is 3.75. The van der Waals surface area contributed by atoms with E-state index in [0.717, 1.165) is 45.0 Å². The maximum atomic E-state index is 14.2. The molecule has 0 radical (unpaired) electrons. The Morgan fingerprint density at radius 3 is 1.52 bits per heavy atom. The number of rotatable bonds is 24. The molecule has 0 aliphatic carbocycles. The fraction of sp³-hybridized carbons (Fsp3) is 0.542. The van der Waals surface area contributed by atoms with Gasteiger partial charge in [0.15, 0.2) is 49.4 Å². The summed E-state index contributed by atoms with van der Waals surface area (Å²) < 4.78 is 92.9. The topological polar surface area (TPSA) is 270 Å². The number of halogens is 3. The molecule has 6 rings (SSSR count). The molecule has 3 fully saturated rings. The van der Waals surface area contributed by atoms with Gasteiger partial charge in [-0.05, 0) is 27.9 Å². The lowest BCUT2D eigenvalue weighted by atomic mass is 9.94. The van der Waals surface area contributed by atoms with Crippen LogP contribution in [0.3, 0.4) is 0 Å². The molecule has 3 aromatic carbocycles. The molecule has 3 heterocycles. The normalized spacial score (nSPS) is 27.7. The predicted octanol–water partition coefficient (Wildman–Crippen LogP) is 6.00. The van der Waals surface area contributed by atoms with Crippen molar-refractivity contribution in [2.24, 2.45) is 0 Å². The largest absolute Gasteiger partial charge is 0.463 e. The SMILES string of the molecule is C=CCO[C@H]1O[C@H](CO[Si](c2ccccc2)(c2ccccc2)C(C)(C)C)[C@@H](O[C@@H]2O[C@@H](C)[C@@H](OC(C)=O)[C@@H](OC(C)=O)[C@@H]2OCc2ccccc2)[C@H](O[C@@H]2O[C@H](COC(C)=O)[C@H](OC(C)=O)[C@H](OC(C)=O)[C@H]2OC(C)=O)[C@H]1NC(=O)OCC(Cl)(Cl)Cl. The number of ether oxygens (including phenoxy) is 14. The summed E-state index contributed by atoms with van der Waals surface area (Å²) in [5.41, 5.74) is 0.651. The van der Waals surface area contributed by atoms with Crippen molar-refractivity contribution in [1.82, 2.24) is 5.32 Å². The van der Waals surface area contributed by atoms with Gasteiger partial charge in [-0.25, -0.2) is 4.79 Å². The summed E-state index contributed by atoms with van der Waals surface area (Å²) in [6.45, 7) is 15.8. The van der Waals surface area contributed by atoms with Crippen molar-refractivity contribution >= 4 is 95.4 Å². The van der Waals surface area contributed by atoms with Crippen molar-refractivity contribution in [2.75, 3.05) is 26.4 Å². The van der Waals surface area contributed by atoms with E-state index in [1.54, 1.807) is 37.3 Å². The van der Waals surface area contributed by atoms with Crippen molar-refractivity contribution in [3.63, 3.8) is 0 Å². The van der Waals surface area contributed by atoms with Gasteiger partial charge in [-0.2, -0.15) is 0 Å². The molecule has 3 aliphatic heterocycles. The Morgan fingerprint density at radius 1 is 0.547 bits per heavy atom. The summed E-state index contributed by atoms with van der Waals surface area (Å²) in [7, 11) is -3.57. The zero-order valence-electron chi connectivity index (χ0n) is 49.3. The molecule has 0 spiro atoms. The van der Waals surface area contributed by atoms with Crippen molar-refractivity contribution in [3.05, 3.63) is 109 Å². The van der Waals surface area contributed by atoms with Crippen LogP contribution in [0.2, 0.25) is 5.04 Å². The number of esters is 6. The molecular weight excluding hydrogens is 1210 g/mol. The maximum Gasteiger partial charge on any atom is 0.407 e. The molecule has 23 nitrogen and oxygen atoms in total. The minimum atomic E-state index is -3.57. The van der Waals surface area contributed by atoms with E-state index in [1.807, 2.05) is 81.4 Å². The van der Waals surface area contributed by atoms with E-state index in [2.05, 4.69) is 11.9 Å². The lowest BCUT2D eigenvalue weighted by Gasteiger charge is -2.52. The van der Waals surface area contributed by atoms with Crippen molar-refractivity contribution < 1.29 is 104 Å². The summed E-state index contributed by atoms with van der Waals surface area (Å²) in [5.74, 6) is -5.16. The fourth-order valence-electron chi connectivity index (χ4n) is 10.4. The van der Waals surface area contributed by atoms with Crippen molar-refractivity contribution in [2.45, 2.75) is 177 Å². The van der Waals surface area contributed by atoms with E-state index in [-0.39, 0.29) is 13.2 Å². The van der Waals surface area contributed by atoms with Crippen LogP contribution >= 0.6 is 34.8 Å². The van der Waals surface area contributed by atoms with Crippen LogP contribution in [0, 0.1) is 0 Å². The number of amides is 1. The highest BCUT2D eigenvalue weighted by Crippen LogP contribution is 2.41. The third kappa shape index (κ3) is 18.9. The van der Waals surface area contributed by atoms with Crippen LogP contribution in [0.15, 0.2) is 104 Å². The highest BCUT2D eigenvalue weighted by atomic mass is 35.6. The van der Waals surface area contributed by atoms with Gasteiger partial charge in [0.05, 0.1) is 25.9 Å². The van der Waals surface area contributed by atoms with Crippen LogP contribution in [0.1, 0.15) is 74.8 Å². The summed E-state index contributed by atoms with van der Waals surface area (Å²) >= 11 is 18.2. The Morgan fingerprint density at radius 2 is 1.01 bits per heavy atom. The predicted molar refractivity (Wildman–Crippen MR) is 309 cm³/mol. The van der Waals surface area contributed by atoms with Crippen LogP contribution < -0.4 is 15.7 Å². The van der Waals surface area contributed by atoms with E-state index in [9.17, 15) is 33.6 Å². The zero-order chi connectivity index (χ0) is 63.1. The summed E-state index contributed by atoms with van der Waals surface area (Å²) in [6.07, 6.45) is -22.2. The van der Waals surface area contributed by atoms with E-state index < -0.39 is 171 Å². The molecule has 3 saturated heterocycles. The number of carbonyl (C=O) groups excluding carboxylic acids is 7. The van der Waals surface area contributed by atoms with Crippen LogP contribution in [-0.2, 0) is 106 Å². The molecule has 27 heteroatoms. The number of hydrogen-bond donors (Lipinski definition) is 1. The van der Waals surface area contributed by atoms with Gasteiger partial charge in [-0.15, -0.1) is 6.58 Å². The third-order valence-electron chi connectivity index (χ3n) is 13.7. The molecule has 15 atom stereocenters. The highest BCUT2D eigenvalue weighted by Gasteiger charge is 2.60. The van der Waals surface area contributed by atoms with Crippen LogP contribution in [0.25, 0.3) is 0 Å². The average Bonchev–Trinajstić information content (AvgIpc) is 1.42. The standard InChI is InChI=1S/C59H74Cl3NO22Si/c1-12-28-71-54-45(63-57(70)74-32-59(60,61)62)49(85-56-53(81-39(8)69)51(80-38(7)68)48(78-36(5)66)43(83-56)30-72-34(3)64)47(44(82-54)31-75-86(58(9,10)11,41-24-18-14-19-25-41)42-26-20-15-21-27-42)84-55-52(73-29-40-22-16-13-17-23-40)50(79-37(6)67)46(33(2)76-55)77-35(4)65/h12-27,33,43-56H,1,28-32H2,2-11H3,(H,63,70)/t33-,43+,44+,45+,46+,47+,48-,49+,50+,51-,52-,53+,54-,55-,56-/m0/s1. The Hall–Kier alpha value is -5.74. The maximum absolute atomic E-state index is 14.2. The lowest BCUT2D eigenvalue weighted by molar-refractivity contribution is -0.375. The number of alkyl halides is 3. The molecule has 0 aromatic heterocycles. The molecule has 3 aliphatic rings. The van der Waals surface area contributed by atoms with Crippen molar-refractivity contribution in [3.8, 4) is 0 Å². The lowest BCUT2D eigenvalue weighted by Crippen LogP contribution is -2.72. The van der Waals surface area contributed by atoms with Gasteiger partial charge >= 0.3 is 41.9 Å². The molecule has 86 heavy (non-hydrogen) atoms. The van der Waals surface area contributed by atoms with E-state index in [4.69, 9.17) is 106 Å². The Kier molecular flexibility index (Phi) is 25.4. The van der Waals surface area contributed by atoms with Gasteiger partial charge in [0.25, 0.3) is 8.32 Å². The molecule has 3 aromatic rings. The van der Waals surface area contributed by atoms with E-state index >= 15 is 0 Å². The minimum Gasteiger partial charge on any atom is -0.463 e. The monoisotopic (exact) mass is 1280 g/mol. The first-order valence-corrected chi connectivity index (χ1v) is 30.6. The molecule has 0 unspecified atom stereocenters. The number of nitrogens with one attached hydrogen (secondary N) is 1. The zero-order valence-corrected chi connectivity index (χ0v) is 52.5. The van der Waals surface area contributed by atoms with E-state index in [1.165, 1.54) is 13.0 Å². The summed E-state index contributed by atoms with van der Waals surface area (Å²) in [4.78, 5) is 91.9. The third-order valence-corrected chi connectivity index (χ3v) is 19.0. The average molecular weight is 1280 g/mol. The first-order valence-electron chi connectivity index (χ1n) is 27.5. The Bertz CT molecular complexity index is 2720. The number of hydrogen-bond acceptors (Lipinski definition) is 22. The molecule has 1 N–H and O–H groups in total. The Balaban J connectivity index is 1.65. The van der Waals surface area contributed by atoms with Gasteiger partial charge in [-0.3, -0.25) is 28.8 Å². The van der Waals surface area contributed by atoms with Gasteiger partial charge < -0.3 is 76.1 Å². The molecule has 0 bridgehead atoms. The van der Waals surface area contributed by atoms with Gasteiger partial charge in [0.2, 0.25) is 3.79 Å². The second-order valence-corrected chi connectivity index (χ2v) is 28.2. The van der Waals surface area contributed by atoms with Gasteiger partial charge in [0, 0.05) is 41.5 Å². The number of benzene rings is 3.